The molecule has 1 aromatic heterocycles. The molecule has 0 fully saturated rings. The molecule has 118 valence electrons. The van der Waals surface area contributed by atoms with Crippen LogP contribution in [0, 0.1) is 16.7 Å². The van der Waals surface area contributed by atoms with Crippen LogP contribution in [0.5, 0.6) is 0 Å². The summed E-state index contributed by atoms with van der Waals surface area (Å²) in [5.41, 5.74) is 0.893. The Morgan fingerprint density at radius 1 is 1.55 bits per heavy atom. The van der Waals surface area contributed by atoms with E-state index in [0.717, 1.165) is 11.3 Å². The molecular weight excluding hydrogens is 284 g/mol. The maximum atomic E-state index is 12.1. The van der Waals surface area contributed by atoms with Crippen molar-refractivity contribution >= 4 is 6.09 Å². The number of nitriles is 1. The lowest BCUT2D eigenvalue weighted by Gasteiger charge is -2.27. The lowest BCUT2D eigenvalue weighted by Crippen LogP contribution is -2.38. The molecular formula is C15H20N4O3. The van der Waals surface area contributed by atoms with Crippen molar-refractivity contribution in [3.8, 4) is 6.07 Å². The number of hydrogen-bond acceptors (Lipinski definition) is 5. The van der Waals surface area contributed by atoms with Crippen molar-refractivity contribution in [2.75, 3.05) is 13.7 Å². The SMILES string of the molecule is COC(=O)N1CCc2nn(CCC(C)(C)C#N)c(=O)cc2C1. The Bertz CT molecular complexity index is 672. The minimum absolute atomic E-state index is 0.209. The van der Waals surface area contributed by atoms with Gasteiger partial charge in [0.1, 0.15) is 0 Å². The molecule has 1 aliphatic heterocycles. The van der Waals surface area contributed by atoms with E-state index in [2.05, 4.69) is 11.2 Å². The summed E-state index contributed by atoms with van der Waals surface area (Å²) < 4.78 is 6.11. The molecule has 7 heteroatoms. The predicted octanol–water partition coefficient (Wildman–Crippen LogP) is 1.31. The molecule has 0 saturated carbocycles. The summed E-state index contributed by atoms with van der Waals surface area (Å²) in [7, 11) is 1.34. The van der Waals surface area contributed by atoms with Gasteiger partial charge in [-0.3, -0.25) is 4.79 Å². The van der Waals surface area contributed by atoms with Crippen LogP contribution in [0.2, 0.25) is 0 Å². The van der Waals surface area contributed by atoms with Gasteiger partial charge in [-0.05, 0) is 20.3 Å². The summed E-state index contributed by atoms with van der Waals surface area (Å²) >= 11 is 0. The van der Waals surface area contributed by atoms with Crippen molar-refractivity contribution in [2.45, 2.75) is 39.8 Å². The topological polar surface area (TPSA) is 88.2 Å². The summed E-state index contributed by atoms with van der Waals surface area (Å²) in [6.07, 6.45) is 0.751. The lowest BCUT2D eigenvalue weighted by atomic mass is 9.91. The minimum atomic E-state index is -0.487. The zero-order valence-electron chi connectivity index (χ0n) is 13.1. The van der Waals surface area contributed by atoms with Gasteiger partial charge in [0.15, 0.2) is 0 Å². The van der Waals surface area contributed by atoms with Crippen LogP contribution in [0.25, 0.3) is 0 Å². The zero-order chi connectivity index (χ0) is 16.3. The average molecular weight is 304 g/mol. The molecule has 0 spiro atoms. The van der Waals surface area contributed by atoms with Crippen molar-refractivity contribution in [1.29, 1.82) is 5.26 Å². The highest BCUT2D eigenvalue weighted by molar-refractivity contribution is 5.67. The van der Waals surface area contributed by atoms with Crippen LogP contribution in [0.15, 0.2) is 10.9 Å². The van der Waals surface area contributed by atoms with E-state index in [0.29, 0.717) is 32.5 Å². The van der Waals surface area contributed by atoms with Gasteiger partial charge in [0.2, 0.25) is 0 Å². The number of aromatic nitrogens is 2. The Balaban J connectivity index is 2.17. The normalized spacial score (nSPS) is 14.2. The Morgan fingerprint density at radius 2 is 2.27 bits per heavy atom. The molecule has 0 unspecified atom stereocenters. The second-order valence-electron chi connectivity index (χ2n) is 6.06. The van der Waals surface area contributed by atoms with Gasteiger partial charge in [0, 0.05) is 31.1 Å². The minimum Gasteiger partial charge on any atom is -0.453 e. The lowest BCUT2D eigenvalue weighted by molar-refractivity contribution is 0.118. The number of aryl methyl sites for hydroxylation is 1. The third-order valence-corrected chi connectivity index (χ3v) is 3.83. The van der Waals surface area contributed by atoms with Gasteiger partial charge < -0.3 is 9.64 Å². The number of carbonyl (C=O) groups is 1. The Kier molecular flexibility index (Phi) is 4.50. The summed E-state index contributed by atoms with van der Waals surface area (Å²) in [5.74, 6) is 0. The van der Waals surface area contributed by atoms with Crippen LogP contribution in [0.4, 0.5) is 4.79 Å². The van der Waals surface area contributed by atoms with E-state index in [-0.39, 0.29) is 5.56 Å². The quantitative estimate of drug-likeness (QED) is 0.840. The van der Waals surface area contributed by atoms with E-state index >= 15 is 0 Å². The third-order valence-electron chi connectivity index (χ3n) is 3.83. The standard InChI is InChI=1S/C15H20N4O3/c1-15(2,10-16)5-7-19-13(20)8-11-9-18(14(21)22-3)6-4-12(11)17-19/h8H,4-7,9H2,1-3H3. The molecule has 7 nitrogen and oxygen atoms in total. The molecule has 0 atom stereocenters. The number of carbonyl (C=O) groups excluding carboxylic acids is 1. The number of ether oxygens (including phenoxy) is 1. The summed E-state index contributed by atoms with van der Waals surface area (Å²) in [6, 6.07) is 3.74. The first-order valence-electron chi connectivity index (χ1n) is 7.20. The molecule has 0 bridgehead atoms. The number of fused-ring (bicyclic) bond motifs is 1. The maximum Gasteiger partial charge on any atom is 0.409 e. The van der Waals surface area contributed by atoms with E-state index in [1.54, 1.807) is 4.90 Å². The molecule has 1 aliphatic rings. The molecule has 0 saturated heterocycles. The van der Waals surface area contributed by atoms with Gasteiger partial charge in [-0.25, -0.2) is 9.48 Å². The van der Waals surface area contributed by atoms with Gasteiger partial charge in [-0.2, -0.15) is 10.4 Å². The maximum absolute atomic E-state index is 12.1. The van der Waals surface area contributed by atoms with Gasteiger partial charge >= 0.3 is 6.09 Å². The molecule has 0 aromatic carbocycles. The van der Waals surface area contributed by atoms with Gasteiger partial charge in [0.05, 0.1) is 30.8 Å². The van der Waals surface area contributed by atoms with Crippen molar-refractivity contribution in [3.63, 3.8) is 0 Å². The molecule has 0 N–H and O–H groups in total. The van der Waals surface area contributed by atoms with E-state index in [9.17, 15) is 9.59 Å². The number of hydrogen-bond donors (Lipinski definition) is 0. The molecule has 1 amide bonds. The van der Waals surface area contributed by atoms with Crippen molar-refractivity contribution in [1.82, 2.24) is 14.7 Å². The molecule has 22 heavy (non-hydrogen) atoms. The second-order valence-corrected chi connectivity index (χ2v) is 6.06. The van der Waals surface area contributed by atoms with Crippen LogP contribution < -0.4 is 5.56 Å². The van der Waals surface area contributed by atoms with Crippen LogP contribution >= 0.6 is 0 Å². The highest BCUT2D eigenvalue weighted by Crippen LogP contribution is 2.20. The smallest absolute Gasteiger partial charge is 0.409 e. The Morgan fingerprint density at radius 3 is 2.91 bits per heavy atom. The summed E-state index contributed by atoms with van der Waals surface area (Å²) in [6.45, 7) is 4.95. The first-order valence-corrected chi connectivity index (χ1v) is 7.20. The Hall–Kier alpha value is -2.36. The number of rotatable bonds is 3. The van der Waals surface area contributed by atoms with E-state index in [4.69, 9.17) is 10.00 Å². The van der Waals surface area contributed by atoms with Crippen LogP contribution in [0.3, 0.4) is 0 Å². The molecule has 0 radical (unpaired) electrons. The highest BCUT2D eigenvalue weighted by atomic mass is 16.5. The molecule has 0 aliphatic carbocycles. The average Bonchev–Trinajstić information content (AvgIpc) is 2.51. The first kappa shape index (κ1) is 16.0. The predicted molar refractivity (Wildman–Crippen MR) is 79.0 cm³/mol. The largest absolute Gasteiger partial charge is 0.453 e. The fourth-order valence-electron chi connectivity index (χ4n) is 2.33. The molecule has 1 aromatic rings. The number of methoxy groups -OCH3 is 1. The monoisotopic (exact) mass is 304 g/mol. The number of amides is 1. The molecule has 2 heterocycles. The first-order chi connectivity index (χ1) is 10.4. The fraction of sp³-hybridized carbons (Fsp3) is 0.600. The summed E-state index contributed by atoms with van der Waals surface area (Å²) in [5, 5.41) is 13.4. The molecule has 2 rings (SSSR count). The van der Waals surface area contributed by atoms with Crippen molar-refractivity contribution in [2.24, 2.45) is 5.41 Å². The van der Waals surface area contributed by atoms with E-state index in [1.807, 2.05) is 13.8 Å². The van der Waals surface area contributed by atoms with E-state index in [1.165, 1.54) is 17.9 Å². The fourth-order valence-corrected chi connectivity index (χ4v) is 2.33. The van der Waals surface area contributed by atoms with Crippen LogP contribution in [-0.4, -0.2) is 34.4 Å². The van der Waals surface area contributed by atoms with Crippen molar-refractivity contribution in [3.05, 3.63) is 27.7 Å². The Labute approximate surface area is 129 Å². The van der Waals surface area contributed by atoms with Crippen LogP contribution in [-0.2, 0) is 24.2 Å². The van der Waals surface area contributed by atoms with E-state index < -0.39 is 11.5 Å². The number of nitrogens with zero attached hydrogens (tertiary/aromatic N) is 4. The van der Waals surface area contributed by atoms with Crippen molar-refractivity contribution < 1.29 is 9.53 Å². The van der Waals surface area contributed by atoms with Crippen LogP contribution in [0.1, 0.15) is 31.5 Å². The third kappa shape index (κ3) is 3.45. The van der Waals surface area contributed by atoms with Gasteiger partial charge in [0.25, 0.3) is 5.56 Å². The van der Waals surface area contributed by atoms with Gasteiger partial charge in [-0.1, -0.05) is 0 Å². The summed E-state index contributed by atoms with van der Waals surface area (Å²) in [4.78, 5) is 25.2. The second kappa shape index (κ2) is 6.18. The zero-order valence-corrected chi connectivity index (χ0v) is 13.1. The highest BCUT2D eigenvalue weighted by Gasteiger charge is 2.24. The van der Waals surface area contributed by atoms with Gasteiger partial charge in [-0.15, -0.1) is 0 Å².